The standard InChI is InChI=1S/C15H20F3NO2/c1-2-3-10-21-11-4-9-19-14(20)12-5-7-13(8-6-12)15(16,17)18/h5-8H,2-4,9-11H2,1H3,(H,19,20). The number of hydrogen-bond donors (Lipinski definition) is 1. The van der Waals surface area contributed by atoms with Gasteiger partial charge < -0.3 is 10.1 Å². The molecule has 0 unspecified atom stereocenters. The number of ether oxygens (including phenoxy) is 1. The summed E-state index contributed by atoms with van der Waals surface area (Å²) in [5.74, 6) is -0.378. The van der Waals surface area contributed by atoms with Crippen LogP contribution < -0.4 is 5.32 Å². The zero-order chi connectivity index (χ0) is 15.7. The van der Waals surface area contributed by atoms with E-state index in [0.717, 1.165) is 25.0 Å². The van der Waals surface area contributed by atoms with Gasteiger partial charge in [0.2, 0.25) is 0 Å². The van der Waals surface area contributed by atoms with Crippen molar-refractivity contribution in [3.05, 3.63) is 35.4 Å². The van der Waals surface area contributed by atoms with E-state index in [0.29, 0.717) is 26.2 Å². The van der Waals surface area contributed by atoms with E-state index < -0.39 is 11.7 Å². The van der Waals surface area contributed by atoms with Gasteiger partial charge in [0.05, 0.1) is 5.56 Å². The molecule has 1 N–H and O–H groups in total. The fourth-order valence-electron chi connectivity index (χ4n) is 1.64. The Kier molecular flexibility index (Phi) is 7.22. The molecule has 1 amide bonds. The average Bonchev–Trinajstić information content (AvgIpc) is 2.45. The predicted molar refractivity (Wildman–Crippen MR) is 74.1 cm³/mol. The number of amides is 1. The summed E-state index contributed by atoms with van der Waals surface area (Å²) in [7, 11) is 0. The van der Waals surface area contributed by atoms with E-state index in [1.807, 2.05) is 0 Å². The van der Waals surface area contributed by atoms with Crippen molar-refractivity contribution in [2.75, 3.05) is 19.8 Å². The zero-order valence-corrected chi connectivity index (χ0v) is 12.0. The van der Waals surface area contributed by atoms with Gasteiger partial charge in [-0.3, -0.25) is 4.79 Å². The molecule has 0 saturated heterocycles. The smallest absolute Gasteiger partial charge is 0.381 e. The first-order valence-electron chi connectivity index (χ1n) is 6.98. The van der Waals surface area contributed by atoms with E-state index in [4.69, 9.17) is 4.74 Å². The fraction of sp³-hybridized carbons (Fsp3) is 0.533. The number of halogens is 3. The number of carbonyl (C=O) groups excluding carboxylic acids is 1. The summed E-state index contributed by atoms with van der Waals surface area (Å²) in [6, 6.07) is 4.16. The Morgan fingerprint density at radius 1 is 1.14 bits per heavy atom. The van der Waals surface area contributed by atoms with Crippen LogP contribution in [0.25, 0.3) is 0 Å². The molecule has 3 nitrogen and oxygen atoms in total. The Morgan fingerprint density at radius 3 is 2.33 bits per heavy atom. The molecular weight excluding hydrogens is 283 g/mol. The van der Waals surface area contributed by atoms with Gasteiger partial charge in [-0.25, -0.2) is 0 Å². The third-order valence-electron chi connectivity index (χ3n) is 2.87. The van der Waals surface area contributed by atoms with E-state index in [1.165, 1.54) is 12.1 Å². The average molecular weight is 303 g/mol. The highest BCUT2D eigenvalue weighted by Crippen LogP contribution is 2.28. The van der Waals surface area contributed by atoms with Crippen LogP contribution in [0, 0.1) is 0 Å². The summed E-state index contributed by atoms with van der Waals surface area (Å²) < 4.78 is 42.5. The molecule has 21 heavy (non-hydrogen) atoms. The quantitative estimate of drug-likeness (QED) is 0.745. The van der Waals surface area contributed by atoms with Crippen molar-refractivity contribution < 1.29 is 22.7 Å². The molecule has 118 valence electrons. The minimum Gasteiger partial charge on any atom is -0.381 e. The molecule has 0 atom stereocenters. The van der Waals surface area contributed by atoms with Gasteiger partial charge in [0.15, 0.2) is 0 Å². The van der Waals surface area contributed by atoms with Crippen LogP contribution in [-0.4, -0.2) is 25.7 Å². The van der Waals surface area contributed by atoms with E-state index >= 15 is 0 Å². The minimum absolute atomic E-state index is 0.218. The highest BCUT2D eigenvalue weighted by molar-refractivity contribution is 5.94. The molecule has 0 aliphatic heterocycles. The predicted octanol–water partition coefficient (Wildman–Crippen LogP) is 3.64. The van der Waals surface area contributed by atoms with Crippen LogP contribution in [0.3, 0.4) is 0 Å². The van der Waals surface area contributed by atoms with Gasteiger partial charge in [-0.05, 0) is 37.1 Å². The fourth-order valence-corrected chi connectivity index (χ4v) is 1.64. The molecule has 6 heteroatoms. The first-order chi connectivity index (χ1) is 9.95. The van der Waals surface area contributed by atoms with Gasteiger partial charge in [-0.1, -0.05) is 13.3 Å². The monoisotopic (exact) mass is 303 g/mol. The molecule has 0 saturated carbocycles. The lowest BCUT2D eigenvalue weighted by atomic mass is 10.1. The van der Waals surface area contributed by atoms with Crippen LogP contribution in [0.5, 0.6) is 0 Å². The Bertz CT molecular complexity index is 430. The van der Waals surface area contributed by atoms with Gasteiger partial charge in [0.25, 0.3) is 5.91 Å². The molecule has 0 aliphatic rings. The summed E-state index contributed by atoms with van der Waals surface area (Å²) >= 11 is 0. The summed E-state index contributed by atoms with van der Waals surface area (Å²) in [4.78, 5) is 11.7. The maximum Gasteiger partial charge on any atom is 0.416 e. The highest BCUT2D eigenvalue weighted by atomic mass is 19.4. The number of benzene rings is 1. The molecule has 0 bridgehead atoms. The molecule has 0 heterocycles. The first kappa shape index (κ1) is 17.5. The van der Waals surface area contributed by atoms with Gasteiger partial charge in [-0.2, -0.15) is 13.2 Å². The van der Waals surface area contributed by atoms with Crippen molar-refractivity contribution in [2.45, 2.75) is 32.4 Å². The first-order valence-corrected chi connectivity index (χ1v) is 6.98. The van der Waals surface area contributed by atoms with Crippen molar-refractivity contribution in [2.24, 2.45) is 0 Å². The molecular formula is C15H20F3NO2. The van der Waals surface area contributed by atoms with Crippen LogP contribution in [0.15, 0.2) is 24.3 Å². The Morgan fingerprint density at radius 2 is 1.76 bits per heavy atom. The lowest BCUT2D eigenvalue weighted by Gasteiger charge is -2.08. The van der Waals surface area contributed by atoms with E-state index in [9.17, 15) is 18.0 Å². The maximum absolute atomic E-state index is 12.4. The van der Waals surface area contributed by atoms with Crippen molar-refractivity contribution in [3.8, 4) is 0 Å². The Hall–Kier alpha value is -1.56. The molecule has 0 radical (unpaired) electrons. The Labute approximate surface area is 122 Å². The molecule has 0 fully saturated rings. The largest absolute Gasteiger partial charge is 0.416 e. The van der Waals surface area contributed by atoms with Crippen LogP contribution >= 0.6 is 0 Å². The third kappa shape index (κ3) is 6.62. The normalized spacial score (nSPS) is 11.4. The lowest BCUT2D eigenvalue weighted by molar-refractivity contribution is -0.137. The summed E-state index contributed by atoms with van der Waals surface area (Å²) in [5, 5.41) is 2.65. The second kappa shape index (κ2) is 8.67. The molecule has 1 aromatic carbocycles. The number of hydrogen-bond acceptors (Lipinski definition) is 2. The minimum atomic E-state index is -4.38. The molecule has 1 aromatic rings. The van der Waals surface area contributed by atoms with Crippen molar-refractivity contribution >= 4 is 5.91 Å². The molecule has 0 spiro atoms. The van der Waals surface area contributed by atoms with Crippen molar-refractivity contribution in [1.82, 2.24) is 5.32 Å². The molecule has 0 aliphatic carbocycles. The van der Waals surface area contributed by atoms with E-state index in [2.05, 4.69) is 12.2 Å². The molecule has 0 aromatic heterocycles. The van der Waals surface area contributed by atoms with Gasteiger partial charge in [0.1, 0.15) is 0 Å². The molecule has 1 rings (SSSR count). The Balaban J connectivity index is 2.29. The highest BCUT2D eigenvalue weighted by Gasteiger charge is 2.30. The summed E-state index contributed by atoms with van der Waals surface area (Å²) in [5.41, 5.74) is -0.543. The topological polar surface area (TPSA) is 38.3 Å². The second-order valence-corrected chi connectivity index (χ2v) is 4.65. The SMILES string of the molecule is CCCCOCCCNC(=O)c1ccc(C(F)(F)F)cc1. The van der Waals surface area contributed by atoms with E-state index in [-0.39, 0.29) is 11.5 Å². The summed E-state index contributed by atoms with van der Waals surface area (Å²) in [6.07, 6.45) is -1.62. The van der Waals surface area contributed by atoms with Crippen molar-refractivity contribution in [1.29, 1.82) is 0 Å². The second-order valence-electron chi connectivity index (χ2n) is 4.65. The van der Waals surface area contributed by atoms with Crippen LogP contribution in [-0.2, 0) is 10.9 Å². The number of nitrogens with one attached hydrogen (secondary N) is 1. The lowest BCUT2D eigenvalue weighted by Crippen LogP contribution is -2.25. The van der Waals surface area contributed by atoms with Crippen LogP contribution in [0.2, 0.25) is 0 Å². The third-order valence-corrected chi connectivity index (χ3v) is 2.87. The maximum atomic E-state index is 12.4. The number of carbonyl (C=O) groups is 1. The van der Waals surface area contributed by atoms with Gasteiger partial charge >= 0.3 is 6.18 Å². The van der Waals surface area contributed by atoms with Crippen molar-refractivity contribution in [3.63, 3.8) is 0 Å². The van der Waals surface area contributed by atoms with Crippen LogP contribution in [0.4, 0.5) is 13.2 Å². The summed E-state index contributed by atoms with van der Waals surface area (Å²) in [6.45, 7) is 3.79. The van der Waals surface area contributed by atoms with Gasteiger partial charge in [0, 0.05) is 25.3 Å². The zero-order valence-electron chi connectivity index (χ0n) is 12.0. The number of alkyl halides is 3. The number of rotatable bonds is 8. The van der Waals surface area contributed by atoms with Gasteiger partial charge in [-0.15, -0.1) is 0 Å². The van der Waals surface area contributed by atoms with E-state index in [1.54, 1.807) is 0 Å². The number of unbranched alkanes of at least 4 members (excludes halogenated alkanes) is 1. The van der Waals surface area contributed by atoms with Crippen LogP contribution in [0.1, 0.15) is 42.1 Å².